The molecule has 1 unspecified atom stereocenters. The second kappa shape index (κ2) is 7.52. The minimum Gasteiger partial charge on any atom is -0.356 e. The first kappa shape index (κ1) is 16.8. The van der Waals surface area contributed by atoms with Crippen LogP contribution in [0.3, 0.4) is 0 Å². The molecule has 1 aliphatic carbocycles. The van der Waals surface area contributed by atoms with Crippen LogP contribution in [0.15, 0.2) is 0 Å². The van der Waals surface area contributed by atoms with Crippen molar-refractivity contribution in [2.24, 2.45) is 17.3 Å². The van der Waals surface area contributed by atoms with Gasteiger partial charge in [-0.15, -0.1) is 11.6 Å². The van der Waals surface area contributed by atoms with Gasteiger partial charge in [0.25, 0.3) is 0 Å². The molecule has 0 heterocycles. The number of halogens is 1. The van der Waals surface area contributed by atoms with Gasteiger partial charge in [-0.05, 0) is 49.9 Å². The van der Waals surface area contributed by atoms with E-state index in [9.17, 15) is 4.79 Å². The van der Waals surface area contributed by atoms with Crippen LogP contribution in [-0.4, -0.2) is 17.8 Å². The Kier molecular flexibility index (Phi) is 6.65. The van der Waals surface area contributed by atoms with Crippen molar-refractivity contribution in [1.29, 1.82) is 0 Å². The van der Waals surface area contributed by atoms with Gasteiger partial charge >= 0.3 is 0 Å². The van der Waals surface area contributed by atoms with Crippen LogP contribution in [-0.2, 0) is 4.79 Å². The zero-order valence-electron chi connectivity index (χ0n) is 13.0. The third kappa shape index (κ3) is 5.72. The first-order valence-corrected chi connectivity index (χ1v) is 8.20. The number of alkyl halides is 1. The lowest BCUT2D eigenvalue weighted by Crippen LogP contribution is -2.36. The highest BCUT2D eigenvalue weighted by molar-refractivity contribution is 6.20. The van der Waals surface area contributed by atoms with Gasteiger partial charge in [0.2, 0.25) is 5.91 Å². The van der Waals surface area contributed by atoms with Crippen molar-refractivity contribution < 1.29 is 4.79 Å². The van der Waals surface area contributed by atoms with Crippen LogP contribution < -0.4 is 5.32 Å². The van der Waals surface area contributed by atoms with Crippen LogP contribution in [0.1, 0.15) is 66.2 Å². The highest BCUT2D eigenvalue weighted by Gasteiger charge is 2.32. The molecule has 19 heavy (non-hydrogen) atoms. The molecule has 0 bridgehead atoms. The number of hydrogen-bond acceptors (Lipinski definition) is 1. The Bertz CT molecular complexity index is 277. The average Bonchev–Trinajstić information content (AvgIpc) is 2.37. The van der Waals surface area contributed by atoms with Crippen LogP contribution in [0.2, 0.25) is 0 Å². The van der Waals surface area contributed by atoms with E-state index in [1.54, 1.807) is 0 Å². The molecule has 1 saturated carbocycles. The molecule has 0 aromatic rings. The second-order valence-corrected chi connectivity index (χ2v) is 7.62. The minimum absolute atomic E-state index is 0.192. The maximum absolute atomic E-state index is 12.1. The van der Waals surface area contributed by atoms with Crippen molar-refractivity contribution in [3.8, 4) is 0 Å². The zero-order chi connectivity index (χ0) is 14.5. The Morgan fingerprint density at radius 1 is 1.26 bits per heavy atom. The maximum Gasteiger partial charge on any atom is 0.223 e. The van der Waals surface area contributed by atoms with Crippen molar-refractivity contribution in [2.45, 2.75) is 71.6 Å². The second-order valence-electron chi connectivity index (χ2n) is 7.00. The molecule has 0 saturated heterocycles. The molecule has 1 rings (SSSR count). The Labute approximate surface area is 123 Å². The Balaban J connectivity index is 2.25. The smallest absolute Gasteiger partial charge is 0.223 e. The molecule has 2 nitrogen and oxygen atoms in total. The van der Waals surface area contributed by atoms with Gasteiger partial charge in [0.05, 0.1) is 0 Å². The van der Waals surface area contributed by atoms with Crippen molar-refractivity contribution in [2.75, 3.05) is 6.54 Å². The van der Waals surface area contributed by atoms with Gasteiger partial charge in [-0.2, -0.15) is 0 Å². The highest BCUT2D eigenvalue weighted by Crippen LogP contribution is 2.39. The number of amides is 1. The number of hydrogen-bond donors (Lipinski definition) is 1. The summed E-state index contributed by atoms with van der Waals surface area (Å²) in [5.41, 5.74) is 0.383. The quantitative estimate of drug-likeness (QED) is 0.748. The Morgan fingerprint density at radius 3 is 2.32 bits per heavy atom. The first-order chi connectivity index (χ1) is 8.84. The molecule has 1 fully saturated rings. The van der Waals surface area contributed by atoms with Crippen molar-refractivity contribution in [1.82, 2.24) is 5.32 Å². The van der Waals surface area contributed by atoms with Crippen LogP contribution in [0.5, 0.6) is 0 Å². The van der Waals surface area contributed by atoms with E-state index in [0.29, 0.717) is 5.41 Å². The SMILES string of the molecule is CCC(Cl)CCNC(=O)C1CCC(C(C)(C)C)CC1. The van der Waals surface area contributed by atoms with Gasteiger partial charge < -0.3 is 5.32 Å². The molecular formula is C16H30ClNO. The molecule has 0 radical (unpaired) electrons. The van der Waals surface area contributed by atoms with Gasteiger partial charge in [-0.3, -0.25) is 4.79 Å². The van der Waals surface area contributed by atoms with Crippen molar-refractivity contribution in [3.05, 3.63) is 0 Å². The van der Waals surface area contributed by atoms with Crippen LogP contribution >= 0.6 is 11.6 Å². The van der Waals surface area contributed by atoms with E-state index >= 15 is 0 Å². The van der Waals surface area contributed by atoms with Gasteiger partial charge in [0.15, 0.2) is 0 Å². The Hall–Kier alpha value is -0.240. The summed E-state index contributed by atoms with van der Waals surface area (Å²) in [7, 11) is 0. The summed E-state index contributed by atoms with van der Waals surface area (Å²) in [5.74, 6) is 1.24. The lowest BCUT2D eigenvalue weighted by molar-refractivity contribution is -0.126. The molecular weight excluding hydrogens is 258 g/mol. The topological polar surface area (TPSA) is 29.1 Å². The normalized spacial score (nSPS) is 25.9. The zero-order valence-corrected chi connectivity index (χ0v) is 13.7. The summed E-state index contributed by atoms with van der Waals surface area (Å²) in [6.07, 6.45) is 6.32. The molecule has 1 aliphatic rings. The third-order valence-corrected chi connectivity index (χ3v) is 5.05. The van der Waals surface area contributed by atoms with E-state index in [1.807, 2.05) is 0 Å². The van der Waals surface area contributed by atoms with Gasteiger partial charge in [-0.1, -0.05) is 27.7 Å². The van der Waals surface area contributed by atoms with Crippen LogP contribution in [0, 0.1) is 17.3 Å². The van der Waals surface area contributed by atoms with Gasteiger partial charge in [0.1, 0.15) is 0 Å². The summed E-state index contributed by atoms with van der Waals surface area (Å²) >= 11 is 6.05. The number of nitrogens with one attached hydrogen (secondary N) is 1. The summed E-state index contributed by atoms with van der Waals surface area (Å²) in [5, 5.41) is 3.24. The number of carbonyl (C=O) groups is 1. The summed E-state index contributed by atoms with van der Waals surface area (Å²) in [6.45, 7) is 9.73. The van der Waals surface area contributed by atoms with E-state index in [1.165, 1.54) is 12.8 Å². The Morgan fingerprint density at radius 2 is 1.84 bits per heavy atom. The molecule has 1 N–H and O–H groups in total. The molecule has 1 amide bonds. The van der Waals surface area contributed by atoms with Crippen molar-refractivity contribution >= 4 is 17.5 Å². The van der Waals surface area contributed by atoms with E-state index in [-0.39, 0.29) is 17.2 Å². The van der Waals surface area contributed by atoms with Crippen LogP contribution in [0.25, 0.3) is 0 Å². The summed E-state index contributed by atoms with van der Waals surface area (Å²) in [4.78, 5) is 12.1. The fraction of sp³-hybridized carbons (Fsp3) is 0.938. The standard InChI is InChI=1S/C16H30ClNO/c1-5-14(17)10-11-18-15(19)12-6-8-13(9-7-12)16(2,3)4/h12-14H,5-11H2,1-4H3,(H,18,19). The third-order valence-electron chi connectivity index (χ3n) is 4.52. The molecule has 112 valence electrons. The number of rotatable bonds is 5. The highest BCUT2D eigenvalue weighted by atomic mass is 35.5. The minimum atomic E-state index is 0.192. The molecule has 0 spiro atoms. The van der Waals surface area contributed by atoms with E-state index < -0.39 is 0 Å². The lowest BCUT2D eigenvalue weighted by Gasteiger charge is -2.36. The summed E-state index contributed by atoms with van der Waals surface area (Å²) < 4.78 is 0. The molecule has 3 heteroatoms. The monoisotopic (exact) mass is 287 g/mol. The molecule has 0 aliphatic heterocycles. The first-order valence-electron chi connectivity index (χ1n) is 7.76. The fourth-order valence-electron chi connectivity index (χ4n) is 2.92. The fourth-order valence-corrected chi connectivity index (χ4v) is 3.03. The van der Waals surface area contributed by atoms with Crippen LogP contribution in [0.4, 0.5) is 0 Å². The van der Waals surface area contributed by atoms with Crippen molar-refractivity contribution in [3.63, 3.8) is 0 Å². The molecule has 0 aromatic carbocycles. The number of carbonyl (C=O) groups excluding carboxylic acids is 1. The largest absolute Gasteiger partial charge is 0.356 e. The molecule has 1 atom stereocenters. The predicted molar refractivity (Wildman–Crippen MR) is 82.5 cm³/mol. The van der Waals surface area contributed by atoms with Gasteiger partial charge in [0, 0.05) is 17.8 Å². The molecule has 0 aromatic heterocycles. The predicted octanol–water partition coefficient (Wildman–Crippen LogP) is 4.36. The maximum atomic E-state index is 12.1. The van der Waals surface area contributed by atoms with E-state index in [2.05, 4.69) is 33.0 Å². The summed E-state index contributed by atoms with van der Waals surface area (Å²) in [6, 6.07) is 0. The average molecular weight is 288 g/mol. The van der Waals surface area contributed by atoms with E-state index in [0.717, 1.165) is 38.1 Å². The van der Waals surface area contributed by atoms with Gasteiger partial charge in [-0.25, -0.2) is 0 Å². The lowest BCUT2D eigenvalue weighted by atomic mass is 9.69. The van der Waals surface area contributed by atoms with E-state index in [4.69, 9.17) is 11.6 Å².